The van der Waals surface area contributed by atoms with Crippen LogP contribution >= 0.6 is 11.6 Å². The van der Waals surface area contributed by atoms with Crippen LogP contribution < -0.4 is 5.32 Å². The molecule has 158 valence electrons. The third kappa shape index (κ3) is 4.80. The van der Waals surface area contributed by atoms with E-state index in [1.165, 1.54) is 5.56 Å². The van der Waals surface area contributed by atoms with Crippen molar-refractivity contribution < 1.29 is 4.79 Å². The molecular weight excluding hydrogens is 406 g/mol. The van der Waals surface area contributed by atoms with Crippen molar-refractivity contribution in [2.45, 2.75) is 39.3 Å². The van der Waals surface area contributed by atoms with Crippen LogP contribution in [-0.2, 0) is 6.54 Å². The summed E-state index contributed by atoms with van der Waals surface area (Å²) in [5, 5.41) is 3.83. The standard InChI is InChI=1S/C26H26ClN3O/c1-17(2)20-5-4-6-21(13-20)18(3)29-26(31)22-9-12-25-24(14-22)28-16-30(25)15-19-7-10-23(27)11-8-19/h4-14,16-18H,15H2,1-3H3,(H,29,31)/t18-/m0/s1. The number of benzene rings is 3. The molecule has 31 heavy (non-hydrogen) atoms. The summed E-state index contributed by atoms with van der Waals surface area (Å²) in [6.45, 7) is 7.05. The maximum atomic E-state index is 12.9. The van der Waals surface area contributed by atoms with E-state index in [0.29, 0.717) is 18.0 Å². The third-order valence-electron chi connectivity index (χ3n) is 5.57. The van der Waals surface area contributed by atoms with Crippen molar-refractivity contribution >= 4 is 28.5 Å². The van der Waals surface area contributed by atoms with Crippen LogP contribution in [-0.4, -0.2) is 15.5 Å². The monoisotopic (exact) mass is 431 g/mol. The van der Waals surface area contributed by atoms with Crippen LogP contribution in [0.5, 0.6) is 0 Å². The van der Waals surface area contributed by atoms with Gasteiger partial charge in [-0.3, -0.25) is 4.79 Å². The minimum absolute atomic E-state index is 0.0793. The van der Waals surface area contributed by atoms with Crippen LogP contribution in [0.4, 0.5) is 0 Å². The second-order valence-electron chi connectivity index (χ2n) is 8.22. The Labute approximate surface area is 187 Å². The lowest BCUT2D eigenvalue weighted by Gasteiger charge is -2.16. The highest BCUT2D eigenvalue weighted by Gasteiger charge is 2.14. The van der Waals surface area contributed by atoms with Gasteiger partial charge in [0.15, 0.2) is 0 Å². The second-order valence-corrected chi connectivity index (χ2v) is 8.66. The van der Waals surface area contributed by atoms with E-state index in [2.05, 4.69) is 46.9 Å². The summed E-state index contributed by atoms with van der Waals surface area (Å²) in [5.41, 5.74) is 5.92. The van der Waals surface area contributed by atoms with E-state index in [-0.39, 0.29) is 11.9 Å². The molecule has 4 rings (SSSR count). The fourth-order valence-corrected chi connectivity index (χ4v) is 3.79. The van der Waals surface area contributed by atoms with Gasteiger partial charge >= 0.3 is 0 Å². The summed E-state index contributed by atoms with van der Waals surface area (Å²) in [4.78, 5) is 17.4. The lowest BCUT2D eigenvalue weighted by molar-refractivity contribution is 0.0940. The van der Waals surface area contributed by atoms with Crippen molar-refractivity contribution in [3.05, 3.63) is 100 Å². The number of fused-ring (bicyclic) bond motifs is 1. The fraction of sp³-hybridized carbons (Fsp3) is 0.231. The summed E-state index contributed by atoms with van der Waals surface area (Å²) in [6.07, 6.45) is 1.81. The third-order valence-corrected chi connectivity index (χ3v) is 5.83. The first-order chi connectivity index (χ1) is 14.9. The number of nitrogens with zero attached hydrogens (tertiary/aromatic N) is 2. The fourth-order valence-electron chi connectivity index (χ4n) is 3.67. The van der Waals surface area contributed by atoms with Gasteiger partial charge in [0.2, 0.25) is 0 Å². The summed E-state index contributed by atoms with van der Waals surface area (Å²) >= 11 is 5.98. The molecule has 0 aliphatic carbocycles. The first-order valence-corrected chi connectivity index (χ1v) is 10.9. The zero-order valence-corrected chi connectivity index (χ0v) is 18.7. The van der Waals surface area contributed by atoms with Gasteiger partial charge in [-0.15, -0.1) is 0 Å². The van der Waals surface area contributed by atoms with Gasteiger partial charge in [-0.2, -0.15) is 0 Å². The van der Waals surface area contributed by atoms with Crippen LogP contribution in [0.25, 0.3) is 11.0 Å². The van der Waals surface area contributed by atoms with Crippen molar-refractivity contribution in [2.75, 3.05) is 0 Å². The number of nitrogens with one attached hydrogen (secondary N) is 1. The number of imidazole rings is 1. The first kappa shape index (κ1) is 21.1. The Morgan fingerprint density at radius 2 is 1.74 bits per heavy atom. The zero-order valence-electron chi connectivity index (χ0n) is 18.0. The summed E-state index contributed by atoms with van der Waals surface area (Å²) in [7, 11) is 0. The van der Waals surface area contributed by atoms with Crippen LogP contribution in [0, 0.1) is 0 Å². The molecular formula is C26H26ClN3O. The Morgan fingerprint density at radius 1 is 1.00 bits per heavy atom. The maximum absolute atomic E-state index is 12.9. The van der Waals surface area contributed by atoms with E-state index in [4.69, 9.17) is 11.6 Å². The SMILES string of the molecule is CC(C)c1cccc([C@H](C)NC(=O)c2ccc3c(c2)ncn3Cc2ccc(Cl)cc2)c1. The van der Waals surface area contributed by atoms with Gasteiger partial charge in [0.25, 0.3) is 5.91 Å². The largest absolute Gasteiger partial charge is 0.346 e. The highest BCUT2D eigenvalue weighted by atomic mass is 35.5. The summed E-state index contributed by atoms with van der Waals surface area (Å²) < 4.78 is 2.07. The lowest BCUT2D eigenvalue weighted by Crippen LogP contribution is -2.26. The van der Waals surface area contributed by atoms with Crippen molar-refractivity contribution in [1.29, 1.82) is 0 Å². The van der Waals surface area contributed by atoms with Gasteiger partial charge < -0.3 is 9.88 Å². The lowest BCUT2D eigenvalue weighted by atomic mass is 9.98. The molecule has 1 amide bonds. The molecule has 0 unspecified atom stereocenters. The van der Waals surface area contributed by atoms with Crippen LogP contribution in [0.1, 0.15) is 59.8 Å². The molecule has 0 fully saturated rings. The van der Waals surface area contributed by atoms with E-state index >= 15 is 0 Å². The van der Waals surface area contributed by atoms with Gasteiger partial charge in [-0.05, 0) is 59.9 Å². The van der Waals surface area contributed by atoms with Crippen molar-refractivity contribution in [3.63, 3.8) is 0 Å². The zero-order chi connectivity index (χ0) is 22.0. The van der Waals surface area contributed by atoms with E-state index < -0.39 is 0 Å². The van der Waals surface area contributed by atoms with Gasteiger partial charge in [0.05, 0.1) is 23.4 Å². The van der Waals surface area contributed by atoms with Gasteiger partial charge in [0.1, 0.15) is 0 Å². The van der Waals surface area contributed by atoms with Crippen LogP contribution in [0.3, 0.4) is 0 Å². The molecule has 0 saturated heterocycles. The minimum atomic E-state index is -0.100. The smallest absolute Gasteiger partial charge is 0.251 e. The molecule has 3 aromatic carbocycles. The van der Waals surface area contributed by atoms with Crippen molar-refractivity contribution in [1.82, 2.24) is 14.9 Å². The van der Waals surface area contributed by atoms with E-state index in [0.717, 1.165) is 27.2 Å². The van der Waals surface area contributed by atoms with E-state index in [9.17, 15) is 4.79 Å². The number of carbonyl (C=O) groups is 1. The molecule has 0 aliphatic heterocycles. The molecule has 1 N–H and O–H groups in total. The molecule has 0 aliphatic rings. The highest BCUT2D eigenvalue weighted by molar-refractivity contribution is 6.30. The van der Waals surface area contributed by atoms with Gasteiger partial charge in [0, 0.05) is 17.1 Å². The van der Waals surface area contributed by atoms with E-state index in [1.807, 2.05) is 55.5 Å². The predicted molar refractivity (Wildman–Crippen MR) is 127 cm³/mol. The molecule has 1 heterocycles. The number of aromatic nitrogens is 2. The summed E-state index contributed by atoms with van der Waals surface area (Å²) in [5.74, 6) is 0.352. The molecule has 0 radical (unpaired) electrons. The Hall–Kier alpha value is -3.11. The highest BCUT2D eigenvalue weighted by Crippen LogP contribution is 2.21. The maximum Gasteiger partial charge on any atom is 0.251 e. The Kier molecular flexibility index (Phi) is 6.10. The van der Waals surface area contributed by atoms with E-state index in [1.54, 1.807) is 6.33 Å². The topological polar surface area (TPSA) is 46.9 Å². The number of amides is 1. The van der Waals surface area contributed by atoms with Crippen LogP contribution in [0.15, 0.2) is 73.1 Å². The van der Waals surface area contributed by atoms with Gasteiger partial charge in [-0.25, -0.2) is 4.98 Å². The number of hydrogen-bond donors (Lipinski definition) is 1. The molecule has 0 bridgehead atoms. The molecule has 0 saturated carbocycles. The van der Waals surface area contributed by atoms with Crippen LogP contribution in [0.2, 0.25) is 5.02 Å². The molecule has 5 heteroatoms. The van der Waals surface area contributed by atoms with Crippen molar-refractivity contribution in [3.8, 4) is 0 Å². The number of carbonyl (C=O) groups excluding carboxylic acids is 1. The molecule has 0 spiro atoms. The Bertz CT molecular complexity index is 1210. The predicted octanol–water partition coefficient (Wildman–Crippen LogP) is 6.35. The second kappa shape index (κ2) is 8.94. The molecule has 4 nitrogen and oxygen atoms in total. The summed E-state index contributed by atoms with van der Waals surface area (Å²) in [6, 6.07) is 21.8. The van der Waals surface area contributed by atoms with Crippen molar-refractivity contribution in [2.24, 2.45) is 0 Å². The molecule has 1 atom stereocenters. The minimum Gasteiger partial charge on any atom is -0.346 e. The normalized spacial score (nSPS) is 12.3. The average molecular weight is 432 g/mol. The Morgan fingerprint density at radius 3 is 2.48 bits per heavy atom. The average Bonchev–Trinajstić information content (AvgIpc) is 3.17. The Balaban J connectivity index is 1.50. The number of halogens is 1. The first-order valence-electron chi connectivity index (χ1n) is 10.5. The number of rotatable bonds is 6. The number of hydrogen-bond acceptors (Lipinski definition) is 2. The molecule has 1 aromatic heterocycles. The van der Waals surface area contributed by atoms with Gasteiger partial charge in [-0.1, -0.05) is 61.8 Å². The quantitative estimate of drug-likeness (QED) is 0.386. The molecule has 4 aromatic rings.